The Balaban J connectivity index is 2.35. The number of carbonyl (C=O) groups is 1. The normalized spacial score (nSPS) is 22.9. The maximum Gasteiger partial charge on any atom is 0.143 e. The van der Waals surface area contributed by atoms with Gasteiger partial charge in [0, 0.05) is 18.6 Å². The number of piperazine rings is 1. The van der Waals surface area contributed by atoms with E-state index in [1.54, 1.807) is 6.07 Å². The summed E-state index contributed by atoms with van der Waals surface area (Å²) in [6.45, 7) is 5.31. The van der Waals surface area contributed by atoms with Crippen LogP contribution in [0.15, 0.2) is 18.2 Å². The van der Waals surface area contributed by atoms with E-state index in [-0.39, 0.29) is 17.4 Å². The monoisotopic (exact) mass is 270 g/mol. The SMILES string of the molecule is CC1(C)CN(c2ccc(F)cc2Cl)C(C=O)CN1. The van der Waals surface area contributed by atoms with Gasteiger partial charge in [-0.3, -0.25) is 0 Å². The first kappa shape index (κ1) is 13.3. The van der Waals surface area contributed by atoms with E-state index in [0.717, 1.165) is 6.29 Å². The summed E-state index contributed by atoms with van der Waals surface area (Å²) in [6, 6.07) is 3.97. The van der Waals surface area contributed by atoms with Gasteiger partial charge >= 0.3 is 0 Å². The van der Waals surface area contributed by atoms with Gasteiger partial charge in [0.25, 0.3) is 0 Å². The molecule has 18 heavy (non-hydrogen) atoms. The predicted molar refractivity (Wildman–Crippen MR) is 70.7 cm³/mol. The number of carbonyl (C=O) groups excluding carboxylic acids is 1. The lowest BCUT2D eigenvalue weighted by Crippen LogP contribution is -2.62. The molecule has 0 radical (unpaired) electrons. The van der Waals surface area contributed by atoms with Gasteiger partial charge in [-0.2, -0.15) is 0 Å². The van der Waals surface area contributed by atoms with E-state index in [0.29, 0.717) is 23.8 Å². The number of benzene rings is 1. The van der Waals surface area contributed by atoms with Crippen molar-refractivity contribution in [2.24, 2.45) is 0 Å². The molecule has 0 saturated carbocycles. The highest BCUT2D eigenvalue weighted by Gasteiger charge is 2.33. The van der Waals surface area contributed by atoms with Crippen LogP contribution in [0, 0.1) is 5.82 Å². The van der Waals surface area contributed by atoms with Gasteiger partial charge < -0.3 is 15.0 Å². The second-order valence-corrected chi connectivity index (χ2v) is 5.60. The van der Waals surface area contributed by atoms with Gasteiger partial charge in [0.1, 0.15) is 12.1 Å². The number of hydrogen-bond acceptors (Lipinski definition) is 3. The van der Waals surface area contributed by atoms with Crippen LogP contribution in [0.2, 0.25) is 5.02 Å². The zero-order chi connectivity index (χ0) is 13.3. The number of nitrogens with zero attached hydrogens (tertiary/aromatic N) is 1. The Morgan fingerprint density at radius 1 is 1.56 bits per heavy atom. The van der Waals surface area contributed by atoms with E-state index in [2.05, 4.69) is 19.2 Å². The third-order valence-electron chi connectivity index (χ3n) is 3.13. The summed E-state index contributed by atoms with van der Waals surface area (Å²) in [5.74, 6) is -0.374. The first-order valence-corrected chi connectivity index (χ1v) is 6.23. The molecule has 0 aliphatic carbocycles. The van der Waals surface area contributed by atoms with Crippen LogP contribution in [0.4, 0.5) is 10.1 Å². The third kappa shape index (κ3) is 2.65. The average Bonchev–Trinajstić information content (AvgIpc) is 2.28. The van der Waals surface area contributed by atoms with E-state index in [9.17, 15) is 9.18 Å². The molecule has 0 amide bonds. The Labute approximate surface area is 111 Å². The fourth-order valence-corrected chi connectivity index (χ4v) is 2.47. The molecule has 1 unspecified atom stereocenters. The summed E-state index contributed by atoms with van der Waals surface area (Å²) in [4.78, 5) is 13.1. The minimum Gasteiger partial charge on any atom is -0.357 e. The van der Waals surface area contributed by atoms with Crippen LogP contribution in [0.5, 0.6) is 0 Å². The fraction of sp³-hybridized carbons (Fsp3) is 0.462. The minimum absolute atomic E-state index is 0.114. The molecular weight excluding hydrogens is 255 g/mol. The molecule has 1 fully saturated rings. The van der Waals surface area contributed by atoms with Crippen molar-refractivity contribution in [1.29, 1.82) is 0 Å². The van der Waals surface area contributed by atoms with E-state index in [4.69, 9.17) is 11.6 Å². The van der Waals surface area contributed by atoms with Gasteiger partial charge in [0.05, 0.1) is 16.8 Å². The molecule has 0 bridgehead atoms. The van der Waals surface area contributed by atoms with E-state index < -0.39 is 0 Å². The van der Waals surface area contributed by atoms with Crippen LogP contribution in [0.1, 0.15) is 13.8 Å². The van der Waals surface area contributed by atoms with E-state index in [1.807, 2.05) is 4.90 Å². The van der Waals surface area contributed by atoms with Crippen molar-refractivity contribution in [3.05, 3.63) is 29.0 Å². The Morgan fingerprint density at radius 3 is 2.89 bits per heavy atom. The van der Waals surface area contributed by atoms with Gasteiger partial charge in [-0.15, -0.1) is 0 Å². The maximum absolute atomic E-state index is 13.1. The molecule has 98 valence electrons. The molecule has 1 atom stereocenters. The lowest BCUT2D eigenvalue weighted by molar-refractivity contribution is -0.109. The van der Waals surface area contributed by atoms with Gasteiger partial charge in [0.15, 0.2) is 0 Å². The molecular formula is C13H16ClFN2O. The summed E-state index contributed by atoms with van der Waals surface area (Å²) >= 11 is 6.06. The van der Waals surface area contributed by atoms with Crippen molar-refractivity contribution in [2.75, 3.05) is 18.0 Å². The van der Waals surface area contributed by atoms with Gasteiger partial charge in [-0.1, -0.05) is 11.6 Å². The summed E-state index contributed by atoms with van der Waals surface area (Å²) in [7, 11) is 0. The molecule has 0 spiro atoms. The highest BCUT2D eigenvalue weighted by molar-refractivity contribution is 6.33. The van der Waals surface area contributed by atoms with Crippen molar-refractivity contribution in [2.45, 2.75) is 25.4 Å². The van der Waals surface area contributed by atoms with Crippen LogP contribution in [-0.4, -0.2) is 31.0 Å². The van der Waals surface area contributed by atoms with Crippen LogP contribution < -0.4 is 10.2 Å². The molecule has 5 heteroatoms. The second kappa shape index (κ2) is 4.86. The lowest BCUT2D eigenvalue weighted by atomic mass is 9.98. The zero-order valence-electron chi connectivity index (χ0n) is 10.4. The van der Waals surface area contributed by atoms with Gasteiger partial charge in [-0.05, 0) is 32.0 Å². The Hall–Kier alpha value is -1.13. The van der Waals surface area contributed by atoms with Crippen LogP contribution >= 0.6 is 11.6 Å². The largest absolute Gasteiger partial charge is 0.357 e. The summed E-state index contributed by atoms with van der Waals surface area (Å²) in [5, 5.41) is 3.63. The van der Waals surface area contributed by atoms with Crippen LogP contribution in [-0.2, 0) is 4.79 Å². The molecule has 3 nitrogen and oxygen atoms in total. The third-order valence-corrected chi connectivity index (χ3v) is 3.43. The molecule has 1 saturated heterocycles. The topological polar surface area (TPSA) is 32.3 Å². The summed E-state index contributed by atoms with van der Waals surface area (Å²) in [6.07, 6.45) is 0.891. The van der Waals surface area contributed by atoms with Crippen LogP contribution in [0.25, 0.3) is 0 Å². The zero-order valence-corrected chi connectivity index (χ0v) is 11.2. The van der Waals surface area contributed by atoms with Gasteiger partial charge in [0.2, 0.25) is 0 Å². The smallest absolute Gasteiger partial charge is 0.143 e. The first-order chi connectivity index (χ1) is 8.43. The quantitative estimate of drug-likeness (QED) is 0.837. The Bertz CT molecular complexity index is 464. The fourth-order valence-electron chi connectivity index (χ4n) is 2.19. The minimum atomic E-state index is -0.374. The molecule has 1 aromatic carbocycles. The number of aldehydes is 1. The number of anilines is 1. The Morgan fingerprint density at radius 2 is 2.28 bits per heavy atom. The number of halogens is 2. The highest BCUT2D eigenvalue weighted by atomic mass is 35.5. The first-order valence-electron chi connectivity index (χ1n) is 5.85. The maximum atomic E-state index is 13.1. The number of nitrogens with one attached hydrogen (secondary N) is 1. The van der Waals surface area contributed by atoms with E-state index >= 15 is 0 Å². The molecule has 1 aromatic rings. The number of hydrogen-bond donors (Lipinski definition) is 1. The van der Waals surface area contributed by atoms with Gasteiger partial charge in [-0.25, -0.2) is 4.39 Å². The highest BCUT2D eigenvalue weighted by Crippen LogP contribution is 2.30. The second-order valence-electron chi connectivity index (χ2n) is 5.19. The number of rotatable bonds is 2. The molecule has 1 heterocycles. The van der Waals surface area contributed by atoms with Crippen molar-refractivity contribution >= 4 is 23.6 Å². The van der Waals surface area contributed by atoms with E-state index in [1.165, 1.54) is 12.1 Å². The van der Waals surface area contributed by atoms with Crippen molar-refractivity contribution in [1.82, 2.24) is 5.32 Å². The van der Waals surface area contributed by atoms with Crippen molar-refractivity contribution in [3.63, 3.8) is 0 Å². The molecule has 2 rings (SSSR count). The summed E-state index contributed by atoms with van der Waals surface area (Å²) < 4.78 is 13.1. The molecule has 0 aromatic heterocycles. The van der Waals surface area contributed by atoms with Crippen LogP contribution in [0.3, 0.4) is 0 Å². The predicted octanol–water partition coefficient (Wildman–Crippen LogP) is 2.23. The Kier molecular flexibility index (Phi) is 3.59. The average molecular weight is 271 g/mol. The molecule has 1 aliphatic rings. The summed E-state index contributed by atoms with van der Waals surface area (Å²) in [5.41, 5.74) is 0.585. The van der Waals surface area contributed by atoms with Crippen molar-refractivity contribution in [3.8, 4) is 0 Å². The lowest BCUT2D eigenvalue weighted by Gasteiger charge is -2.44. The standard InChI is InChI=1S/C13H16ClFN2O/c1-13(2)8-17(10(7-18)6-16-13)12-4-3-9(15)5-11(12)14/h3-5,7,10,16H,6,8H2,1-2H3. The molecule has 1 aliphatic heterocycles. The van der Waals surface area contributed by atoms with Crippen molar-refractivity contribution < 1.29 is 9.18 Å². The molecule has 1 N–H and O–H groups in total.